The lowest BCUT2D eigenvalue weighted by atomic mass is 9.83. The minimum atomic E-state index is -0.215. The number of nitrogens with zero attached hydrogens (tertiary/aromatic N) is 4. The molecule has 0 amide bonds. The summed E-state index contributed by atoms with van der Waals surface area (Å²) < 4.78 is 7.35. The predicted molar refractivity (Wildman–Crippen MR) is 133 cm³/mol. The van der Waals surface area contributed by atoms with Crippen LogP contribution in [-0.4, -0.2) is 47.1 Å². The number of para-hydroxylation sites is 1. The third-order valence-corrected chi connectivity index (χ3v) is 7.09. The number of likely N-dealkylation sites (N-methyl/N-ethyl adjacent to an activating group) is 1. The Morgan fingerprint density at radius 2 is 1.82 bits per heavy atom. The van der Waals surface area contributed by atoms with E-state index >= 15 is 0 Å². The van der Waals surface area contributed by atoms with Crippen molar-refractivity contribution in [2.24, 2.45) is 0 Å². The molecular weight excluding hydrogens is 432 g/mol. The number of carbonyl (C=O) groups is 1. The van der Waals surface area contributed by atoms with Crippen LogP contribution in [0.2, 0.25) is 0 Å². The van der Waals surface area contributed by atoms with Crippen molar-refractivity contribution in [2.45, 2.75) is 37.4 Å². The summed E-state index contributed by atoms with van der Waals surface area (Å²) in [6.07, 6.45) is 2.47. The molecule has 0 saturated carbocycles. The van der Waals surface area contributed by atoms with Gasteiger partial charge in [-0.15, -0.1) is 10.2 Å². The number of ketones is 1. The third-order valence-electron chi connectivity index (χ3n) is 6.10. The lowest BCUT2D eigenvalue weighted by Gasteiger charge is -2.23. The van der Waals surface area contributed by atoms with E-state index in [1.807, 2.05) is 31.3 Å². The number of methoxy groups -OCH3 is 1. The molecule has 2 heterocycles. The van der Waals surface area contributed by atoms with E-state index < -0.39 is 0 Å². The molecule has 0 spiro atoms. The molecule has 3 aromatic rings. The van der Waals surface area contributed by atoms with E-state index in [0.29, 0.717) is 25.3 Å². The monoisotopic (exact) mass is 462 g/mol. The molecule has 0 saturated heterocycles. The zero-order valence-corrected chi connectivity index (χ0v) is 20.4. The molecule has 0 atom stereocenters. The highest BCUT2D eigenvalue weighted by molar-refractivity contribution is 7.99. The Balaban J connectivity index is 1.49. The number of rotatable bonds is 9. The SMILES string of the molecule is COCCn1c(Cc2ccccc2)nnc1SCC(=O)/C=C1/N(C)c2ccccc2C1(C)C. The van der Waals surface area contributed by atoms with Crippen LogP contribution in [0.15, 0.2) is 71.5 Å². The molecule has 6 nitrogen and oxygen atoms in total. The smallest absolute Gasteiger partial charge is 0.191 e. The van der Waals surface area contributed by atoms with E-state index in [-0.39, 0.29) is 11.2 Å². The van der Waals surface area contributed by atoms with Gasteiger partial charge >= 0.3 is 0 Å². The summed E-state index contributed by atoms with van der Waals surface area (Å²) in [6.45, 7) is 5.54. The Bertz CT molecular complexity index is 1150. The Morgan fingerprint density at radius 3 is 2.55 bits per heavy atom. The van der Waals surface area contributed by atoms with Crippen LogP contribution in [0.25, 0.3) is 0 Å². The second-order valence-electron chi connectivity index (χ2n) is 8.69. The second kappa shape index (κ2) is 9.93. The van der Waals surface area contributed by atoms with Crippen LogP contribution in [0.4, 0.5) is 5.69 Å². The van der Waals surface area contributed by atoms with Crippen molar-refractivity contribution in [3.05, 3.63) is 83.3 Å². The van der Waals surface area contributed by atoms with Crippen molar-refractivity contribution in [3.63, 3.8) is 0 Å². The fraction of sp³-hybridized carbons (Fsp3) is 0.346. The fourth-order valence-electron chi connectivity index (χ4n) is 4.33. The van der Waals surface area contributed by atoms with Gasteiger partial charge in [-0.3, -0.25) is 4.79 Å². The van der Waals surface area contributed by atoms with E-state index in [4.69, 9.17) is 4.74 Å². The molecule has 0 bridgehead atoms. The largest absolute Gasteiger partial charge is 0.383 e. The van der Waals surface area contributed by atoms with Gasteiger partial charge in [-0.05, 0) is 17.2 Å². The molecule has 1 aliphatic rings. The quantitative estimate of drug-likeness (QED) is 0.345. The van der Waals surface area contributed by atoms with Crippen molar-refractivity contribution in [1.29, 1.82) is 0 Å². The fourth-order valence-corrected chi connectivity index (χ4v) is 5.14. The van der Waals surface area contributed by atoms with Crippen LogP contribution in [0.3, 0.4) is 0 Å². The van der Waals surface area contributed by atoms with Crippen molar-refractivity contribution < 1.29 is 9.53 Å². The summed E-state index contributed by atoms with van der Waals surface area (Å²) in [7, 11) is 3.71. The first kappa shape index (κ1) is 23.3. The Labute approximate surface area is 199 Å². The normalized spacial score (nSPS) is 15.8. The van der Waals surface area contributed by atoms with Gasteiger partial charge < -0.3 is 14.2 Å². The van der Waals surface area contributed by atoms with Crippen LogP contribution in [0.1, 0.15) is 30.8 Å². The number of benzene rings is 2. The minimum Gasteiger partial charge on any atom is -0.383 e. The predicted octanol–water partition coefficient (Wildman–Crippen LogP) is 4.49. The first-order chi connectivity index (χ1) is 15.9. The number of hydrogen-bond acceptors (Lipinski definition) is 6. The number of anilines is 1. The third kappa shape index (κ3) is 4.89. The van der Waals surface area contributed by atoms with Crippen LogP contribution >= 0.6 is 11.8 Å². The van der Waals surface area contributed by atoms with Crippen molar-refractivity contribution in [2.75, 3.05) is 31.4 Å². The van der Waals surface area contributed by atoms with Gasteiger partial charge in [-0.2, -0.15) is 0 Å². The summed E-state index contributed by atoms with van der Waals surface area (Å²) in [6, 6.07) is 18.5. The van der Waals surface area contributed by atoms with Gasteiger partial charge in [0.1, 0.15) is 5.82 Å². The van der Waals surface area contributed by atoms with E-state index in [1.165, 1.54) is 22.9 Å². The summed E-state index contributed by atoms with van der Waals surface area (Å²) in [5.74, 6) is 1.24. The number of carbonyl (C=O) groups excluding carboxylic acids is 1. The molecule has 0 radical (unpaired) electrons. The van der Waals surface area contributed by atoms with Crippen LogP contribution in [-0.2, 0) is 27.9 Å². The molecule has 7 heteroatoms. The molecule has 1 aliphatic heterocycles. The van der Waals surface area contributed by atoms with Gasteiger partial charge in [0.25, 0.3) is 0 Å². The molecule has 33 heavy (non-hydrogen) atoms. The molecule has 4 rings (SSSR count). The van der Waals surface area contributed by atoms with Gasteiger partial charge in [0.15, 0.2) is 10.9 Å². The van der Waals surface area contributed by atoms with Gasteiger partial charge in [0.2, 0.25) is 0 Å². The minimum absolute atomic E-state index is 0.0635. The number of hydrogen-bond donors (Lipinski definition) is 0. The van der Waals surface area contributed by atoms with Crippen LogP contribution in [0, 0.1) is 0 Å². The number of allylic oxidation sites excluding steroid dienone is 2. The summed E-state index contributed by atoms with van der Waals surface area (Å²) in [4.78, 5) is 15.1. The molecule has 0 aliphatic carbocycles. The number of fused-ring (bicyclic) bond motifs is 1. The maximum atomic E-state index is 13.0. The molecule has 2 aromatic carbocycles. The maximum absolute atomic E-state index is 13.0. The van der Waals surface area contributed by atoms with Gasteiger partial charge in [0.05, 0.1) is 12.4 Å². The summed E-state index contributed by atoms with van der Waals surface area (Å²) in [5, 5.41) is 9.53. The lowest BCUT2D eigenvalue weighted by Crippen LogP contribution is -2.24. The average molecular weight is 463 g/mol. The van der Waals surface area contributed by atoms with Crippen molar-refractivity contribution in [1.82, 2.24) is 14.8 Å². The summed E-state index contributed by atoms with van der Waals surface area (Å²) in [5.41, 5.74) is 4.36. The molecule has 0 unspecified atom stereocenters. The first-order valence-corrected chi connectivity index (χ1v) is 12.1. The van der Waals surface area contributed by atoms with Crippen molar-refractivity contribution >= 4 is 23.2 Å². The maximum Gasteiger partial charge on any atom is 0.191 e. The van der Waals surface area contributed by atoms with E-state index in [0.717, 1.165) is 22.4 Å². The average Bonchev–Trinajstić information content (AvgIpc) is 3.28. The highest BCUT2D eigenvalue weighted by Gasteiger charge is 2.38. The number of aromatic nitrogens is 3. The number of thioether (sulfide) groups is 1. The van der Waals surface area contributed by atoms with Crippen LogP contribution in [0.5, 0.6) is 0 Å². The van der Waals surface area contributed by atoms with E-state index in [9.17, 15) is 4.79 Å². The molecular formula is C26H30N4O2S. The summed E-state index contributed by atoms with van der Waals surface area (Å²) >= 11 is 1.43. The highest BCUT2D eigenvalue weighted by atomic mass is 32.2. The van der Waals surface area contributed by atoms with E-state index in [1.54, 1.807) is 13.2 Å². The standard InChI is InChI=1S/C26H30N4O2S/c1-26(2)21-12-8-9-13-22(21)29(3)23(26)17-20(31)18-33-25-28-27-24(30(25)14-15-32-4)16-19-10-6-5-7-11-19/h5-13,17H,14-16,18H2,1-4H3/b23-17+. The molecule has 0 fully saturated rings. The Kier molecular flexibility index (Phi) is 7.00. The van der Waals surface area contributed by atoms with E-state index in [2.05, 4.69) is 63.8 Å². The van der Waals surface area contributed by atoms with Crippen molar-refractivity contribution in [3.8, 4) is 0 Å². The highest BCUT2D eigenvalue weighted by Crippen LogP contribution is 2.46. The first-order valence-electron chi connectivity index (χ1n) is 11.1. The second-order valence-corrected chi connectivity index (χ2v) is 9.63. The van der Waals surface area contributed by atoms with Gasteiger partial charge in [0, 0.05) is 50.0 Å². The van der Waals surface area contributed by atoms with Gasteiger partial charge in [-0.25, -0.2) is 0 Å². The number of ether oxygens (including phenoxy) is 1. The molecule has 172 valence electrons. The Morgan fingerprint density at radius 1 is 1.09 bits per heavy atom. The molecule has 0 N–H and O–H groups in total. The lowest BCUT2D eigenvalue weighted by molar-refractivity contribution is -0.112. The zero-order valence-electron chi connectivity index (χ0n) is 19.6. The van der Waals surface area contributed by atoms with Gasteiger partial charge in [-0.1, -0.05) is 74.1 Å². The zero-order chi connectivity index (χ0) is 23.4. The molecule has 1 aromatic heterocycles. The Hall–Kier alpha value is -2.90. The topological polar surface area (TPSA) is 60.2 Å². The van der Waals surface area contributed by atoms with Crippen LogP contribution < -0.4 is 4.90 Å².